The van der Waals surface area contributed by atoms with Crippen molar-refractivity contribution < 1.29 is 48.9 Å². The zero-order valence-electron chi connectivity index (χ0n) is 28.5. The zero-order valence-corrected chi connectivity index (χ0v) is 30.2. The minimum atomic E-state index is -1.77. The van der Waals surface area contributed by atoms with E-state index in [2.05, 4.69) is 15.2 Å². The van der Waals surface area contributed by atoms with Crippen LogP contribution in [0.1, 0.15) is 38.8 Å². The van der Waals surface area contributed by atoms with Crippen LogP contribution in [0.5, 0.6) is 11.5 Å². The molecule has 0 spiro atoms. The number of Topliss-reactive ketones (excluding diaryl/α,β-unsaturated/α-hetero) is 1. The molecule has 2 atom stereocenters. The first-order valence-corrected chi connectivity index (χ1v) is 18.5. The van der Waals surface area contributed by atoms with Gasteiger partial charge >= 0.3 is 11.9 Å². The molecule has 7 rings (SSSR count). The summed E-state index contributed by atoms with van der Waals surface area (Å²) in [7, 11) is 0. The first-order valence-electron chi connectivity index (χ1n) is 16.6. The second-order valence-electron chi connectivity index (χ2n) is 14.6. The predicted molar refractivity (Wildman–Crippen MR) is 190 cm³/mol. The van der Waals surface area contributed by atoms with Crippen molar-refractivity contribution in [1.29, 1.82) is 0 Å². The molecule has 20 heteroatoms. The average Bonchev–Trinajstić information content (AvgIpc) is 3.79. The van der Waals surface area contributed by atoms with Gasteiger partial charge in [0.25, 0.3) is 11.1 Å². The highest BCUT2D eigenvalue weighted by atomic mass is 32.2. The van der Waals surface area contributed by atoms with Crippen LogP contribution < -0.4 is 16.9 Å². The number of aromatic hydroxyl groups is 2. The fraction of sp³-hybridized carbons (Fsp3) is 0.455. The molecule has 4 aliphatic heterocycles. The molecule has 1 amide bonds. The molecule has 53 heavy (non-hydrogen) atoms. The van der Waals surface area contributed by atoms with E-state index in [0.29, 0.717) is 54.8 Å². The molecule has 7 N–H and O–H groups in total. The van der Waals surface area contributed by atoms with Gasteiger partial charge in [-0.15, -0.1) is 23.1 Å². The van der Waals surface area contributed by atoms with Crippen molar-refractivity contribution in [3.05, 3.63) is 55.2 Å². The van der Waals surface area contributed by atoms with E-state index < -0.39 is 63.1 Å². The monoisotopic (exact) mass is 770 g/mol. The Bertz CT molecular complexity index is 2280. The number of thioether (sulfide) groups is 1. The lowest BCUT2D eigenvalue weighted by molar-refractivity contribution is -0.905. The van der Waals surface area contributed by atoms with E-state index in [1.807, 2.05) is 0 Å². The number of carboxylic acid groups (broad SMARTS) is 2. The number of benzene rings is 1. The number of phenolic OH excluding ortho intramolecular Hbond substituents is 2. The number of thiazole rings is 1. The van der Waals surface area contributed by atoms with Crippen LogP contribution in [0.3, 0.4) is 0 Å². The summed E-state index contributed by atoms with van der Waals surface area (Å²) < 4.78 is 1.79. The standard InChI is InChI=1S/C33H35N7O11S2/c1-32(2,30(49)50)51-37-23(19-12-53-31(34)35-19)22(43)9-18-27(46)39-24(29(47)48)15(11-52-28(18)39)10-40-5-3-33(14-40,4-6-40)13-38-26(45)17-8-21(42)20(41)7-16(17)25(44)36-38/h7-8,12,18,28H,3-6,9-11,13-14H2,1-2H3,(H6-,34,35,36,37,41,42,43,44,45,47,48,49,50)/p+1/t18-,28-,33?,40?/m1/s1. The van der Waals surface area contributed by atoms with E-state index in [-0.39, 0.29) is 51.4 Å². The lowest BCUT2D eigenvalue weighted by atomic mass is 9.84. The molecule has 280 valence electrons. The fourth-order valence-electron chi connectivity index (χ4n) is 7.88. The summed E-state index contributed by atoms with van der Waals surface area (Å²) in [6.07, 6.45) is 1.07. The van der Waals surface area contributed by atoms with Crippen molar-refractivity contribution in [2.75, 3.05) is 37.7 Å². The van der Waals surface area contributed by atoms with Crippen LogP contribution in [0.2, 0.25) is 0 Å². The number of amides is 1. The number of ketones is 1. The zero-order chi connectivity index (χ0) is 38.2. The minimum Gasteiger partial charge on any atom is -0.504 e. The number of quaternary nitrogens is 1. The minimum absolute atomic E-state index is 0.0201. The molecule has 0 unspecified atom stereocenters. The molecule has 2 bridgehead atoms. The molecule has 0 radical (unpaired) electrons. The molecule has 1 aromatic carbocycles. The Morgan fingerprint density at radius 2 is 1.81 bits per heavy atom. The van der Waals surface area contributed by atoms with Crippen molar-refractivity contribution in [2.45, 2.75) is 50.6 Å². The number of β-lactam (4-membered cyclic amide) rings is 1. The van der Waals surface area contributed by atoms with Crippen molar-refractivity contribution in [2.24, 2.45) is 16.5 Å². The van der Waals surface area contributed by atoms with Gasteiger partial charge in [0.05, 0.1) is 48.2 Å². The molecule has 3 saturated heterocycles. The van der Waals surface area contributed by atoms with Gasteiger partial charge in [0, 0.05) is 41.4 Å². The largest absolute Gasteiger partial charge is 0.504 e. The maximum Gasteiger partial charge on any atom is 0.352 e. The first kappa shape index (κ1) is 36.2. The number of nitrogens with zero attached hydrogens (tertiary/aromatic N) is 5. The Hall–Kier alpha value is -5.21. The summed E-state index contributed by atoms with van der Waals surface area (Å²) in [5.74, 6) is -5.35. The van der Waals surface area contributed by atoms with E-state index in [1.165, 1.54) is 40.6 Å². The number of hydrogen-bond donors (Lipinski definition) is 6. The third kappa shape index (κ3) is 6.23. The van der Waals surface area contributed by atoms with Crippen LogP contribution in [0.25, 0.3) is 10.8 Å². The quantitative estimate of drug-likeness (QED) is 0.0491. The van der Waals surface area contributed by atoms with E-state index in [4.69, 9.17) is 10.6 Å². The highest BCUT2D eigenvalue weighted by Crippen LogP contribution is 2.50. The van der Waals surface area contributed by atoms with Gasteiger partial charge in [0.15, 0.2) is 28.1 Å². The number of carbonyl (C=O) groups excluding carboxylic acids is 2. The molecule has 0 aliphatic carbocycles. The van der Waals surface area contributed by atoms with Gasteiger partial charge in [0.2, 0.25) is 11.5 Å². The summed E-state index contributed by atoms with van der Waals surface area (Å²) >= 11 is 2.39. The normalized spacial score (nSPS) is 25.4. The average molecular weight is 771 g/mol. The number of fused-ring (bicyclic) bond motifs is 4. The van der Waals surface area contributed by atoms with Gasteiger partial charge in [0.1, 0.15) is 17.9 Å². The Morgan fingerprint density at radius 1 is 1.13 bits per heavy atom. The number of nitrogens with one attached hydrogen (secondary N) is 1. The Balaban J connectivity index is 1.08. The van der Waals surface area contributed by atoms with Gasteiger partial charge in [-0.05, 0) is 26.0 Å². The van der Waals surface area contributed by atoms with Gasteiger partial charge in [-0.3, -0.25) is 29.2 Å². The number of phenols is 2. The summed E-state index contributed by atoms with van der Waals surface area (Å²) in [5, 5.41) is 46.9. The SMILES string of the molecule is CC(C)(O/N=C(\C(=O)C[C@@H]1C(=O)N2C(C(=O)O)=C(C[N+]34CCC(Cn5[nH]c(=O)c6cc(O)c(O)cc6c5=O)(CC3)C4)CS[C@H]12)c1csc(N)n1)C(=O)O. The summed E-state index contributed by atoms with van der Waals surface area (Å²) in [5.41, 5.74) is 2.76. The summed E-state index contributed by atoms with van der Waals surface area (Å²) in [4.78, 5) is 88.1. The van der Waals surface area contributed by atoms with E-state index in [9.17, 15) is 49.2 Å². The van der Waals surface area contributed by atoms with Crippen molar-refractivity contribution in [3.8, 4) is 11.5 Å². The molecule has 2 aromatic heterocycles. The molecule has 0 saturated carbocycles. The number of nitrogens with two attached hydrogens (primary N) is 1. The van der Waals surface area contributed by atoms with Crippen molar-refractivity contribution in [1.82, 2.24) is 19.7 Å². The van der Waals surface area contributed by atoms with E-state index in [1.54, 1.807) is 0 Å². The van der Waals surface area contributed by atoms with E-state index >= 15 is 0 Å². The van der Waals surface area contributed by atoms with Gasteiger partial charge in [-0.25, -0.2) is 19.3 Å². The fourth-order valence-corrected chi connectivity index (χ4v) is 9.83. The predicted octanol–water partition coefficient (Wildman–Crippen LogP) is 0.864. The number of rotatable bonds is 12. The van der Waals surface area contributed by atoms with Crippen LogP contribution in [0, 0.1) is 11.3 Å². The molecule has 4 aliphatic rings. The Morgan fingerprint density at radius 3 is 2.43 bits per heavy atom. The molecular weight excluding hydrogens is 735 g/mol. The maximum atomic E-state index is 13.6. The van der Waals surface area contributed by atoms with E-state index in [0.717, 1.165) is 23.5 Å². The Labute approximate surface area is 307 Å². The number of aliphatic carboxylic acids is 2. The Kier molecular flexibility index (Phi) is 8.68. The highest BCUT2D eigenvalue weighted by Gasteiger charge is 2.58. The lowest BCUT2D eigenvalue weighted by Crippen LogP contribution is -2.62. The summed E-state index contributed by atoms with van der Waals surface area (Å²) in [6.45, 7) is 5.08. The van der Waals surface area contributed by atoms with Gasteiger partial charge < -0.3 is 35.5 Å². The first-order chi connectivity index (χ1) is 24.9. The smallest absolute Gasteiger partial charge is 0.352 e. The molecule has 3 aromatic rings. The number of oxime groups is 1. The number of piperidine rings is 1. The lowest BCUT2D eigenvalue weighted by Gasteiger charge is -2.50. The third-order valence-corrected chi connectivity index (χ3v) is 12.7. The van der Waals surface area contributed by atoms with Crippen molar-refractivity contribution >= 4 is 68.3 Å². The number of hydrogen-bond acceptors (Lipinski definition) is 14. The second-order valence-corrected chi connectivity index (χ2v) is 16.6. The van der Waals surface area contributed by atoms with Gasteiger partial charge in [-0.1, -0.05) is 5.16 Å². The molecule has 18 nitrogen and oxygen atoms in total. The van der Waals surface area contributed by atoms with Crippen LogP contribution >= 0.6 is 23.1 Å². The highest BCUT2D eigenvalue weighted by molar-refractivity contribution is 8.00. The number of nitrogen functional groups attached to an aromatic ring is 1. The number of H-pyrrole nitrogens is 1. The van der Waals surface area contributed by atoms with Crippen LogP contribution in [0.15, 0.2) is 43.5 Å². The summed E-state index contributed by atoms with van der Waals surface area (Å²) in [6, 6.07) is 2.13. The molecule has 3 fully saturated rings. The number of carboxylic acids is 2. The topological polar surface area (TPSA) is 268 Å². The number of aromatic nitrogens is 3. The number of aromatic amines is 1. The van der Waals surface area contributed by atoms with Crippen molar-refractivity contribution in [3.63, 3.8) is 0 Å². The molecular formula is C33H36N7O11S2+. The number of anilines is 1. The molecule has 6 heterocycles. The van der Waals surface area contributed by atoms with Crippen LogP contribution in [-0.4, -0.2) is 117 Å². The maximum absolute atomic E-state index is 13.6. The second kappa shape index (κ2) is 12.7. The van der Waals surface area contributed by atoms with Crippen LogP contribution in [0.4, 0.5) is 5.13 Å². The third-order valence-electron chi connectivity index (χ3n) is 10.7. The van der Waals surface area contributed by atoms with Gasteiger partial charge in [-0.2, -0.15) is 0 Å². The number of carbonyl (C=O) groups is 4. The van der Waals surface area contributed by atoms with Crippen LogP contribution in [-0.2, 0) is 30.6 Å².